The molecule has 8 heteroatoms. The fourth-order valence-electron chi connectivity index (χ4n) is 1.95. The summed E-state index contributed by atoms with van der Waals surface area (Å²) >= 11 is 1.31. The molecule has 0 aliphatic heterocycles. The largest absolute Gasteiger partial charge is 0.318 e. The Labute approximate surface area is 137 Å². The van der Waals surface area contributed by atoms with Crippen LogP contribution in [0.5, 0.6) is 0 Å². The van der Waals surface area contributed by atoms with Gasteiger partial charge in [0.05, 0.1) is 18.1 Å². The van der Waals surface area contributed by atoms with Crippen LogP contribution < -0.4 is 4.90 Å². The zero-order valence-corrected chi connectivity index (χ0v) is 13.4. The summed E-state index contributed by atoms with van der Waals surface area (Å²) < 4.78 is 1.73. The first kappa shape index (κ1) is 15.2. The molecule has 0 spiro atoms. The van der Waals surface area contributed by atoms with Crippen molar-refractivity contribution < 1.29 is 4.79 Å². The van der Waals surface area contributed by atoms with Gasteiger partial charge < -0.3 is 9.47 Å². The maximum atomic E-state index is 12.6. The van der Waals surface area contributed by atoms with E-state index in [4.69, 9.17) is 0 Å². The van der Waals surface area contributed by atoms with Gasteiger partial charge in [-0.1, -0.05) is 0 Å². The number of aromatic nitrogens is 5. The molecular formula is C15H14N6OS. The number of pyridine rings is 1. The highest BCUT2D eigenvalue weighted by atomic mass is 32.2. The second-order valence-corrected chi connectivity index (χ2v) is 5.63. The van der Waals surface area contributed by atoms with E-state index in [9.17, 15) is 4.79 Å². The van der Waals surface area contributed by atoms with Crippen LogP contribution in [-0.4, -0.2) is 37.5 Å². The lowest BCUT2D eigenvalue weighted by Gasteiger charge is -2.16. The zero-order valence-electron chi connectivity index (χ0n) is 12.6. The van der Waals surface area contributed by atoms with E-state index in [-0.39, 0.29) is 5.91 Å². The molecule has 0 atom stereocenters. The SMILES string of the molecule is CN(C(=O)c1cnc(Sc2ncccn2)n1C)c1cccnc1. The number of hydrogen-bond acceptors (Lipinski definition) is 6. The molecule has 3 aromatic rings. The maximum Gasteiger partial charge on any atom is 0.276 e. The first-order valence-electron chi connectivity index (χ1n) is 6.81. The Morgan fingerprint density at radius 3 is 2.61 bits per heavy atom. The number of carbonyl (C=O) groups is 1. The van der Waals surface area contributed by atoms with Crippen molar-refractivity contribution in [3.8, 4) is 0 Å². The van der Waals surface area contributed by atoms with Gasteiger partial charge in [-0.2, -0.15) is 0 Å². The molecule has 3 aromatic heterocycles. The number of carbonyl (C=O) groups excluding carboxylic acids is 1. The van der Waals surface area contributed by atoms with Gasteiger partial charge in [0.25, 0.3) is 5.91 Å². The van der Waals surface area contributed by atoms with Crippen LogP contribution in [-0.2, 0) is 7.05 Å². The average Bonchev–Trinajstić information content (AvgIpc) is 2.96. The second kappa shape index (κ2) is 6.57. The van der Waals surface area contributed by atoms with Crippen molar-refractivity contribution in [1.29, 1.82) is 0 Å². The number of imidazole rings is 1. The van der Waals surface area contributed by atoms with Crippen molar-refractivity contribution >= 4 is 23.4 Å². The third-order valence-electron chi connectivity index (χ3n) is 3.23. The van der Waals surface area contributed by atoms with E-state index < -0.39 is 0 Å². The Kier molecular flexibility index (Phi) is 4.33. The van der Waals surface area contributed by atoms with Crippen LogP contribution in [0, 0.1) is 0 Å². The Morgan fingerprint density at radius 2 is 1.91 bits per heavy atom. The zero-order chi connectivity index (χ0) is 16.2. The minimum atomic E-state index is -0.158. The summed E-state index contributed by atoms with van der Waals surface area (Å²) in [5, 5.41) is 1.24. The molecular weight excluding hydrogens is 312 g/mol. The average molecular weight is 326 g/mol. The van der Waals surface area contributed by atoms with E-state index in [1.165, 1.54) is 16.7 Å². The molecule has 7 nitrogen and oxygen atoms in total. The molecule has 0 bridgehead atoms. The minimum Gasteiger partial charge on any atom is -0.318 e. The summed E-state index contributed by atoms with van der Waals surface area (Å²) in [5.41, 5.74) is 1.20. The minimum absolute atomic E-state index is 0.158. The molecule has 0 aliphatic rings. The van der Waals surface area contributed by atoms with Crippen molar-refractivity contribution in [2.24, 2.45) is 7.05 Å². The monoisotopic (exact) mass is 326 g/mol. The predicted molar refractivity (Wildman–Crippen MR) is 86.3 cm³/mol. The normalized spacial score (nSPS) is 10.5. The number of amides is 1. The number of anilines is 1. The van der Waals surface area contributed by atoms with E-state index in [0.717, 1.165) is 5.69 Å². The summed E-state index contributed by atoms with van der Waals surface area (Å²) in [4.78, 5) is 30.8. The smallest absolute Gasteiger partial charge is 0.276 e. The highest BCUT2D eigenvalue weighted by molar-refractivity contribution is 7.99. The highest BCUT2D eigenvalue weighted by Crippen LogP contribution is 2.24. The standard InChI is InChI=1S/C15H14N6OS/c1-20(11-5-3-6-16-9-11)13(22)12-10-19-15(21(12)2)23-14-17-7-4-8-18-14/h3-10H,1-2H3. The van der Waals surface area contributed by atoms with Crippen LogP contribution >= 0.6 is 11.8 Å². The van der Waals surface area contributed by atoms with Crippen LogP contribution in [0.3, 0.4) is 0 Å². The predicted octanol–water partition coefficient (Wildman–Crippen LogP) is 2.03. The molecule has 1 amide bonds. The van der Waals surface area contributed by atoms with E-state index in [1.807, 2.05) is 6.07 Å². The first-order valence-corrected chi connectivity index (χ1v) is 7.63. The molecule has 0 fully saturated rings. The lowest BCUT2D eigenvalue weighted by molar-refractivity contribution is 0.0984. The van der Waals surface area contributed by atoms with E-state index in [0.29, 0.717) is 16.0 Å². The van der Waals surface area contributed by atoms with Crippen LogP contribution in [0.15, 0.2) is 59.5 Å². The van der Waals surface area contributed by atoms with Crippen molar-refractivity contribution in [2.45, 2.75) is 10.3 Å². The van der Waals surface area contributed by atoms with E-state index >= 15 is 0 Å². The Bertz CT molecular complexity index is 805. The summed E-state index contributed by atoms with van der Waals surface area (Å²) in [5.74, 6) is -0.158. The summed E-state index contributed by atoms with van der Waals surface area (Å²) in [6.45, 7) is 0. The lowest BCUT2D eigenvalue weighted by atomic mass is 10.3. The van der Waals surface area contributed by atoms with Gasteiger partial charge >= 0.3 is 0 Å². The molecule has 3 rings (SSSR count). The molecule has 0 aromatic carbocycles. The Morgan fingerprint density at radius 1 is 1.13 bits per heavy atom. The molecule has 0 radical (unpaired) electrons. The number of rotatable bonds is 4. The quantitative estimate of drug-likeness (QED) is 0.683. The third-order valence-corrected chi connectivity index (χ3v) is 4.18. The van der Waals surface area contributed by atoms with E-state index in [1.54, 1.807) is 61.8 Å². The van der Waals surface area contributed by atoms with Crippen molar-refractivity contribution in [1.82, 2.24) is 24.5 Å². The fraction of sp³-hybridized carbons (Fsp3) is 0.133. The molecule has 0 saturated carbocycles. The van der Waals surface area contributed by atoms with Crippen LogP contribution in [0.25, 0.3) is 0 Å². The third kappa shape index (κ3) is 3.21. The molecule has 0 aliphatic carbocycles. The lowest BCUT2D eigenvalue weighted by Crippen LogP contribution is -2.28. The van der Waals surface area contributed by atoms with Gasteiger partial charge in [0, 0.05) is 32.7 Å². The topological polar surface area (TPSA) is 76.8 Å². The molecule has 23 heavy (non-hydrogen) atoms. The highest BCUT2D eigenvalue weighted by Gasteiger charge is 2.20. The molecule has 3 heterocycles. The molecule has 0 saturated heterocycles. The van der Waals surface area contributed by atoms with Crippen molar-refractivity contribution in [3.63, 3.8) is 0 Å². The molecule has 0 N–H and O–H groups in total. The summed E-state index contributed by atoms with van der Waals surface area (Å²) in [6.07, 6.45) is 8.20. The second-order valence-electron chi connectivity index (χ2n) is 4.69. The number of nitrogens with zero attached hydrogens (tertiary/aromatic N) is 6. The van der Waals surface area contributed by atoms with Crippen LogP contribution in [0.4, 0.5) is 5.69 Å². The summed E-state index contributed by atoms with van der Waals surface area (Å²) in [6, 6.07) is 5.37. The van der Waals surface area contributed by atoms with Gasteiger partial charge in [-0.25, -0.2) is 15.0 Å². The van der Waals surface area contributed by atoms with Crippen LogP contribution in [0.1, 0.15) is 10.5 Å². The van der Waals surface area contributed by atoms with Crippen molar-refractivity contribution in [2.75, 3.05) is 11.9 Å². The van der Waals surface area contributed by atoms with Gasteiger partial charge in [-0.05, 0) is 30.0 Å². The molecule has 116 valence electrons. The molecule has 0 unspecified atom stereocenters. The Hall–Kier alpha value is -2.74. The fourth-order valence-corrected chi connectivity index (χ4v) is 2.68. The van der Waals surface area contributed by atoms with Gasteiger partial charge in [-0.3, -0.25) is 9.78 Å². The Balaban J connectivity index is 1.83. The van der Waals surface area contributed by atoms with Gasteiger partial charge in [-0.15, -0.1) is 0 Å². The maximum absolute atomic E-state index is 12.6. The van der Waals surface area contributed by atoms with Gasteiger partial charge in [0.15, 0.2) is 10.3 Å². The van der Waals surface area contributed by atoms with Gasteiger partial charge in [0.1, 0.15) is 5.69 Å². The van der Waals surface area contributed by atoms with Gasteiger partial charge in [0.2, 0.25) is 0 Å². The van der Waals surface area contributed by atoms with E-state index in [2.05, 4.69) is 19.9 Å². The van der Waals surface area contributed by atoms with Crippen molar-refractivity contribution in [3.05, 3.63) is 54.9 Å². The number of hydrogen-bond donors (Lipinski definition) is 0. The first-order chi connectivity index (χ1) is 11.2. The summed E-state index contributed by atoms with van der Waals surface area (Å²) in [7, 11) is 3.50. The van der Waals surface area contributed by atoms with Crippen LogP contribution in [0.2, 0.25) is 0 Å².